The van der Waals surface area contributed by atoms with Crippen molar-refractivity contribution in [3.05, 3.63) is 64.2 Å². The van der Waals surface area contributed by atoms with Crippen LogP contribution < -0.4 is 5.32 Å². The van der Waals surface area contributed by atoms with Crippen molar-refractivity contribution in [2.75, 3.05) is 19.7 Å². The molecule has 0 aliphatic carbocycles. The van der Waals surface area contributed by atoms with E-state index < -0.39 is 29.9 Å². The normalized spacial score (nSPS) is 20.9. The molecular weight excluding hydrogens is 699 g/mol. The Kier molecular flexibility index (Phi) is 10.2. The first-order valence-electron chi connectivity index (χ1n) is 16.2. The van der Waals surface area contributed by atoms with Crippen LogP contribution in [-0.4, -0.2) is 89.4 Å². The summed E-state index contributed by atoms with van der Waals surface area (Å²) in [7, 11) is 0. The highest BCUT2D eigenvalue weighted by Gasteiger charge is 2.49. The number of rotatable bonds is 4. The molecule has 4 aromatic rings. The fourth-order valence-electron chi connectivity index (χ4n) is 6.23. The summed E-state index contributed by atoms with van der Waals surface area (Å²) in [6.45, 7) is 2.75. The minimum Gasteiger partial charge on any atom is -0.377 e. The molecule has 0 unspecified atom stereocenters. The minimum absolute atomic E-state index is 0.139. The van der Waals surface area contributed by atoms with Crippen molar-refractivity contribution >= 4 is 50.2 Å². The van der Waals surface area contributed by atoms with Crippen molar-refractivity contribution in [3.8, 4) is 11.3 Å². The van der Waals surface area contributed by atoms with Crippen molar-refractivity contribution in [1.82, 2.24) is 39.9 Å². The number of pyridine rings is 2. The second-order valence-corrected chi connectivity index (χ2v) is 13.4. The molecule has 1 fully saturated rings. The van der Waals surface area contributed by atoms with E-state index >= 15 is 4.39 Å². The van der Waals surface area contributed by atoms with E-state index in [1.807, 2.05) is 6.07 Å². The number of carbonyl (C=O) groups excluding carboxylic acids is 4. The molecule has 2 aliphatic rings. The van der Waals surface area contributed by atoms with Crippen LogP contribution in [0.15, 0.2) is 41.4 Å². The van der Waals surface area contributed by atoms with Gasteiger partial charge < -0.3 is 15.0 Å². The number of likely N-dealkylation sites (tertiary alicyclic amines) is 1. The number of ketones is 2. The summed E-state index contributed by atoms with van der Waals surface area (Å²) in [5.41, 5.74) is 0.879. The Hall–Kier alpha value is -4.50. The summed E-state index contributed by atoms with van der Waals surface area (Å²) in [6, 6.07) is 4.16. The SMILES string of the molecule is CC(=O)c1nn(CC(=O)N2C[C@@]3(F)CNC(=O)CCCCCOCc4ccc(Br)nc4CC(=O)[C@@H]2C3)c2cnc(-c3cnc(C)nc3)cc12. The zero-order valence-electron chi connectivity index (χ0n) is 27.2. The predicted octanol–water partition coefficient (Wildman–Crippen LogP) is 3.88. The molecule has 0 spiro atoms. The summed E-state index contributed by atoms with van der Waals surface area (Å²) < 4.78 is 24.2. The molecule has 1 saturated heterocycles. The van der Waals surface area contributed by atoms with Crippen molar-refractivity contribution in [2.24, 2.45) is 0 Å². The third-order valence-corrected chi connectivity index (χ3v) is 9.28. The molecule has 2 bridgehead atoms. The number of hydrogen-bond donors (Lipinski definition) is 1. The molecule has 0 saturated carbocycles. The Bertz CT molecular complexity index is 1920. The molecule has 0 aromatic carbocycles. The van der Waals surface area contributed by atoms with Crippen LogP contribution in [0.25, 0.3) is 22.2 Å². The van der Waals surface area contributed by atoms with Crippen molar-refractivity contribution in [1.29, 1.82) is 0 Å². The number of Topliss-reactive ketones (excluding diaryl/α,β-unsaturated/α-hetero) is 2. The van der Waals surface area contributed by atoms with E-state index in [9.17, 15) is 19.2 Å². The lowest BCUT2D eigenvalue weighted by Gasteiger charge is -2.24. The van der Waals surface area contributed by atoms with E-state index in [-0.39, 0.29) is 56.3 Å². The molecule has 49 heavy (non-hydrogen) atoms. The molecule has 4 aromatic heterocycles. The number of aryl methyl sites for hydroxylation is 1. The lowest BCUT2D eigenvalue weighted by molar-refractivity contribution is -0.138. The Morgan fingerprint density at radius 1 is 1.12 bits per heavy atom. The zero-order chi connectivity index (χ0) is 34.7. The molecular formula is C34H36BrFN8O5. The highest BCUT2D eigenvalue weighted by atomic mass is 79.9. The number of hydrogen-bond acceptors (Lipinski definition) is 10. The van der Waals surface area contributed by atoms with Gasteiger partial charge in [-0.25, -0.2) is 19.3 Å². The molecule has 2 aliphatic heterocycles. The minimum atomic E-state index is -2.04. The van der Waals surface area contributed by atoms with E-state index in [0.29, 0.717) is 51.3 Å². The quantitative estimate of drug-likeness (QED) is 0.241. The first-order chi connectivity index (χ1) is 23.5. The van der Waals surface area contributed by atoms with Gasteiger partial charge in [-0.05, 0) is 53.4 Å². The van der Waals surface area contributed by atoms with E-state index in [1.54, 1.807) is 31.5 Å². The third kappa shape index (κ3) is 7.88. The number of carbonyl (C=O) groups is 4. The fourth-order valence-corrected chi connectivity index (χ4v) is 6.58. The zero-order valence-corrected chi connectivity index (χ0v) is 28.8. The van der Waals surface area contributed by atoms with E-state index in [4.69, 9.17) is 4.74 Å². The molecule has 1 N–H and O–H groups in total. The fraction of sp³-hybridized carbons (Fsp3) is 0.441. The highest BCUT2D eigenvalue weighted by molar-refractivity contribution is 9.10. The second kappa shape index (κ2) is 14.5. The highest BCUT2D eigenvalue weighted by Crippen LogP contribution is 2.33. The van der Waals surface area contributed by atoms with Crippen LogP contribution in [0.3, 0.4) is 0 Å². The maximum atomic E-state index is 16.5. The average molecular weight is 736 g/mol. The van der Waals surface area contributed by atoms with Crippen LogP contribution in [0.4, 0.5) is 4.39 Å². The summed E-state index contributed by atoms with van der Waals surface area (Å²) in [6.07, 6.45) is 6.72. The number of aromatic nitrogens is 6. The van der Waals surface area contributed by atoms with Crippen LogP contribution in [0.1, 0.15) is 66.6 Å². The number of amides is 2. The smallest absolute Gasteiger partial charge is 0.245 e. The largest absolute Gasteiger partial charge is 0.377 e. The lowest BCUT2D eigenvalue weighted by atomic mass is 9.97. The van der Waals surface area contributed by atoms with Gasteiger partial charge in [-0.3, -0.25) is 28.8 Å². The molecule has 2 amide bonds. The Labute approximate surface area is 290 Å². The Morgan fingerprint density at radius 2 is 1.92 bits per heavy atom. The van der Waals surface area contributed by atoms with Gasteiger partial charge in [-0.15, -0.1) is 0 Å². The average Bonchev–Trinajstić information content (AvgIpc) is 3.62. The first-order valence-corrected chi connectivity index (χ1v) is 17.0. The van der Waals surface area contributed by atoms with E-state index in [1.165, 1.54) is 22.7 Å². The maximum absolute atomic E-state index is 16.5. The van der Waals surface area contributed by atoms with Crippen molar-refractivity contribution in [3.63, 3.8) is 0 Å². The molecule has 15 heteroatoms. The molecule has 0 radical (unpaired) electrons. The van der Waals surface area contributed by atoms with Gasteiger partial charge in [0.1, 0.15) is 28.3 Å². The third-order valence-electron chi connectivity index (χ3n) is 8.84. The number of nitrogens with one attached hydrogen (secondary N) is 1. The second-order valence-electron chi connectivity index (χ2n) is 12.6. The van der Waals surface area contributed by atoms with Gasteiger partial charge in [0.2, 0.25) is 11.8 Å². The van der Waals surface area contributed by atoms with Crippen LogP contribution in [0, 0.1) is 6.92 Å². The van der Waals surface area contributed by atoms with E-state index in [0.717, 1.165) is 18.4 Å². The molecule has 6 rings (SSSR count). The monoisotopic (exact) mass is 734 g/mol. The van der Waals surface area contributed by atoms with Gasteiger partial charge in [0, 0.05) is 49.7 Å². The maximum Gasteiger partial charge on any atom is 0.245 e. The topological polar surface area (TPSA) is 162 Å². The first kappa shape index (κ1) is 34.4. The molecule has 2 atom stereocenters. The summed E-state index contributed by atoms with van der Waals surface area (Å²) in [4.78, 5) is 71.8. The van der Waals surface area contributed by atoms with Crippen molar-refractivity contribution in [2.45, 2.75) is 77.2 Å². The van der Waals surface area contributed by atoms with Gasteiger partial charge in [0.25, 0.3) is 0 Å². The summed E-state index contributed by atoms with van der Waals surface area (Å²) >= 11 is 3.37. The predicted molar refractivity (Wildman–Crippen MR) is 179 cm³/mol. The number of ether oxygens (including phenoxy) is 1. The molecule has 6 heterocycles. The number of fused-ring (bicyclic) bond motifs is 4. The standard InChI is InChI=1S/C34H36BrFN8O5/c1-20(45)33-24-10-25(23-13-37-21(2)38-14-23)39-15-28(24)44(42-33)16-32(48)43-19-34(36)12-27(43)29(46)11-26-22(7-8-30(35)41-26)17-49-9-5-3-4-6-31(47)40-18-34/h7-8,10,13-15,27H,3-6,9,11-12,16-19H2,1-2H3,(H,40,47)/t27-,34-/m0/s1. The van der Waals surface area contributed by atoms with Gasteiger partial charge in [0.05, 0.1) is 55.3 Å². The van der Waals surface area contributed by atoms with Crippen LogP contribution in [-0.2, 0) is 38.7 Å². The number of alkyl halides is 1. The van der Waals surface area contributed by atoms with Gasteiger partial charge in [-0.1, -0.05) is 12.5 Å². The Balaban J connectivity index is 1.31. The van der Waals surface area contributed by atoms with E-state index in [2.05, 4.69) is 46.3 Å². The van der Waals surface area contributed by atoms with Gasteiger partial charge in [-0.2, -0.15) is 5.10 Å². The van der Waals surface area contributed by atoms with Crippen LogP contribution in [0.2, 0.25) is 0 Å². The number of nitrogens with zero attached hydrogens (tertiary/aromatic N) is 7. The van der Waals surface area contributed by atoms with Gasteiger partial charge >= 0.3 is 0 Å². The Morgan fingerprint density at radius 3 is 2.69 bits per heavy atom. The van der Waals surface area contributed by atoms with Crippen LogP contribution in [0.5, 0.6) is 0 Å². The van der Waals surface area contributed by atoms with Gasteiger partial charge in [0.15, 0.2) is 11.6 Å². The van der Waals surface area contributed by atoms with Crippen LogP contribution >= 0.6 is 15.9 Å². The lowest BCUT2D eigenvalue weighted by Crippen LogP contribution is -2.44. The molecule has 13 nitrogen and oxygen atoms in total. The number of halogens is 2. The van der Waals surface area contributed by atoms with Crippen molar-refractivity contribution < 1.29 is 28.3 Å². The molecule has 256 valence electrons. The summed E-state index contributed by atoms with van der Waals surface area (Å²) in [5, 5.41) is 7.59. The summed E-state index contributed by atoms with van der Waals surface area (Å²) in [5.74, 6) is -0.972.